The van der Waals surface area contributed by atoms with E-state index < -0.39 is 6.36 Å². The predicted molar refractivity (Wildman–Crippen MR) is 159 cm³/mol. The number of hydrogen-bond donors (Lipinski definition) is 1. The third-order valence-corrected chi connectivity index (χ3v) is 6.75. The van der Waals surface area contributed by atoms with Gasteiger partial charge >= 0.3 is 6.36 Å². The Bertz CT molecular complexity index is 1480. The zero-order valence-corrected chi connectivity index (χ0v) is 23.1. The van der Waals surface area contributed by atoms with Crippen LogP contribution in [0.5, 0.6) is 5.75 Å². The number of hydrogen-bond acceptors (Lipinski definition) is 6. The lowest BCUT2D eigenvalue weighted by Gasteiger charge is -2.29. The van der Waals surface area contributed by atoms with Crippen molar-refractivity contribution < 1.29 is 22.7 Å². The standard InChI is InChI=1S/C29H27F3N6O2S/c1-19(2)24-5-3-4-6-25(24)38-26(39)15-16-41-28(38)37-36-17-20-7-9-21(10-8-20)27(33)35-18-34-22-11-13-23(14-12-22)40-29(30,31)32/h3-14,17-19H,15-16H2,1-2H3,(H2,33,34,35)/b36-17+,37-28-. The summed E-state index contributed by atoms with van der Waals surface area (Å²) < 4.78 is 40.6. The molecule has 8 nitrogen and oxygen atoms in total. The molecule has 212 valence electrons. The SMILES string of the molecule is CC(C)c1ccccc1N1C(=O)CCS/C1=N\N=C\c1ccc(C(N)=NC=Nc2ccc(OC(F)(F)F)cc2)cc1. The molecular weight excluding hydrogens is 553 g/mol. The Hall–Kier alpha value is -4.45. The highest BCUT2D eigenvalue weighted by molar-refractivity contribution is 8.14. The van der Waals surface area contributed by atoms with E-state index in [1.165, 1.54) is 30.2 Å². The van der Waals surface area contributed by atoms with Crippen LogP contribution in [-0.4, -0.2) is 41.6 Å². The maximum atomic E-state index is 12.8. The molecule has 3 aromatic rings. The molecule has 4 rings (SSSR count). The second kappa shape index (κ2) is 13.3. The summed E-state index contributed by atoms with van der Waals surface area (Å²) in [5, 5.41) is 9.12. The van der Waals surface area contributed by atoms with Crippen LogP contribution in [0.3, 0.4) is 0 Å². The van der Waals surface area contributed by atoms with Gasteiger partial charge in [-0.25, -0.2) is 9.98 Å². The highest BCUT2D eigenvalue weighted by Gasteiger charge is 2.31. The molecule has 1 aliphatic heterocycles. The van der Waals surface area contributed by atoms with Gasteiger partial charge in [-0.15, -0.1) is 18.3 Å². The van der Waals surface area contributed by atoms with Crippen LogP contribution in [-0.2, 0) is 4.79 Å². The van der Waals surface area contributed by atoms with Gasteiger partial charge in [0.25, 0.3) is 0 Å². The van der Waals surface area contributed by atoms with Crippen molar-refractivity contribution in [3.05, 3.63) is 89.5 Å². The fraction of sp³-hybridized carbons (Fsp3) is 0.207. The Morgan fingerprint density at radius 3 is 2.44 bits per heavy atom. The molecule has 1 fully saturated rings. The molecule has 0 bridgehead atoms. The quantitative estimate of drug-likeness (QED) is 0.183. The molecule has 0 aromatic heterocycles. The van der Waals surface area contributed by atoms with Gasteiger partial charge in [-0.1, -0.05) is 68.1 Å². The van der Waals surface area contributed by atoms with Crippen LogP contribution in [0.2, 0.25) is 0 Å². The van der Waals surface area contributed by atoms with E-state index >= 15 is 0 Å². The van der Waals surface area contributed by atoms with Crippen molar-refractivity contribution in [1.29, 1.82) is 0 Å². The lowest BCUT2D eigenvalue weighted by atomic mass is 10.0. The van der Waals surface area contributed by atoms with Crippen LogP contribution in [0.15, 0.2) is 93.0 Å². The van der Waals surface area contributed by atoms with Gasteiger partial charge in [0.05, 0.1) is 17.6 Å². The Labute approximate surface area is 239 Å². The van der Waals surface area contributed by atoms with E-state index in [-0.39, 0.29) is 23.4 Å². The number of benzene rings is 3. The van der Waals surface area contributed by atoms with Gasteiger partial charge < -0.3 is 10.5 Å². The molecule has 0 aliphatic carbocycles. The predicted octanol–water partition coefficient (Wildman–Crippen LogP) is 6.63. The normalized spacial score (nSPS) is 16.0. The molecule has 1 saturated heterocycles. The van der Waals surface area contributed by atoms with Gasteiger partial charge in [0.1, 0.15) is 17.9 Å². The Kier molecular flexibility index (Phi) is 9.56. The number of nitrogens with zero attached hydrogens (tertiary/aromatic N) is 5. The van der Waals surface area contributed by atoms with Gasteiger partial charge in [-0.3, -0.25) is 9.69 Å². The van der Waals surface area contributed by atoms with Gasteiger partial charge in [0.15, 0.2) is 5.17 Å². The molecule has 12 heteroatoms. The van der Waals surface area contributed by atoms with Crippen LogP contribution in [0, 0.1) is 0 Å². The number of amides is 1. The van der Waals surface area contributed by atoms with Gasteiger partial charge in [-0.2, -0.15) is 5.10 Å². The van der Waals surface area contributed by atoms with Crippen molar-refractivity contribution >= 4 is 52.6 Å². The first kappa shape index (κ1) is 29.5. The third-order valence-electron chi connectivity index (χ3n) is 5.82. The lowest BCUT2D eigenvalue weighted by Crippen LogP contribution is -2.39. The van der Waals surface area contributed by atoms with Crippen molar-refractivity contribution in [2.24, 2.45) is 25.9 Å². The maximum Gasteiger partial charge on any atom is 0.573 e. The van der Waals surface area contributed by atoms with E-state index in [0.717, 1.165) is 28.9 Å². The second-order valence-corrected chi connectivity index (χ2v) is 10.2. The van der Waals surface area contributed by atoms with Gasteiger partial charge in [0, 0.05) is 17.7 Å². The zero-order valence-electron chi connectivity index (χ0n) is 22.2. The zero-order chi connectivity index (χ0) is 29.4. The Morgan fingerprint density at radius 1 is 1.05 bits per heavy atom. The highest BCUT2D eigenvalue weighted by atomic mass is 32.2. The summed E-state index contributed by atoms with van der Waals surface area (Å²) in [5.41, 5.74) is 9.71. The molecule has 0 spiro atoms. The number of rotatable bonds is 8. The van der Waals surface area contributed by atoms with E-state index in [4.69, 9.17) is 5.73 Å². The van der Waals surface area contributed by atoms with E-state index in [1.54, 1.807) is 35.4 Å². The van der Waals surface area contributed by atoms with E-state index in [0.29, 0.717) is 28.6 Å². The van der Waals surface area contributed by atoms with Crippen LogP contribution in [0.25, 0.3) is 0 Å². The number of halogens is 3. The van der Waals surface area contributed by atoms with Crippen LogP contribution in [0.4, 0.5) is 24.5 Å². The highest BCUT2D eigenvalue weighted by Crippen LogP contribution is 2.32. The van der Waals surface area contributed by atoms with Crippen molar-refractivity contribution in [2.75, 3.05) is 10.7 Å². The number of thioether (sulfide) groups is 1. The van der Waals surface area contributed by atoms with E-state index in [2.05, 4.69) is 38.8 Å². The average molecular weight is 581 g/mol. The molecule has 1 amide bonds. The number of aliphatic imine (C=N–C) groups is 2. The summed E-state index contributed by atoms with van der Waals surface area (Å²) in [6, 6.07) is 20.0. The first-order valence-electron chi connectivity index (χ1n) is 12.6. The molecular formula is C29H27F3N6O2S. The average Bonchev–Trinajstić information content (AvgIpc) is 2.93. The fourth-order valence-electron chi connectivity index (χ4n) is 3.85. The lowest BCUT2D eigenvalue weighted by molar-refractivity contribution is -0.274. The summed E-state index contributed by atoms with van der Waals surface area (Å²) in [5.74, 6) is 0.730. The summed E-state index contributed by atoms with van der Waals surface area (Å²) in [4.78, 5) is 22.6. The number of anilines is 1. The number of nitrogens with two attached hydrogens (primary N) is 1. The summed E-state index contributed by atoms with van der Waals surface area (Å²) in [6.45, 7) is 4.17. The van der Waals surface area contributed by atoms with Crippen LogP contribution >= 0.6 is 11.8 Å². The molecule has 3 aromatic carbocycles. The minimum atomic E-state index is -4.76. The van der Waals surface area contributed by atoms with Crippen LogP contribution < -0.4 is 15.4 Å². The number of ether oxygens (including phenoxy) is 1. The van der Waals surface area contributed by atoms with Crippen molar-refractivity contribution in [2.45, 2.75) is 32.5 Å². The first-order chi connectivity index (χ1) is 19.6. The largest absolute Gasteiger partial charge is 0.573 e. The number of amidine groups is 2. The molecule has 0 saturated carbocycles. The summed E-state index contributed by atoms with van der Waals surface area (Å²) >= 11 is 1.49. The van der Waals surface area contributed by atoms with Crippen molar-refractivity contribution in [3.8, 4) is 5.75 Å². The second-order valence-electron chi connectivity index (χ2n) is 9.09. The minimum Gasteiger partial charge on any atom is -0.406 e. The number of alkyl halides is 3. The molecule has 0 unspecified atom stereocenters. The van der Waals surface area contributed by atoms with Crippen molar-refractivity contribution in [1.82, 2.24) is 0 Å². The smallest absolute Gasteiger partial charge is 0.406 e. The first-order valence-corrected chi connectivity index (χ1v) is 13.6. The molecule has 2 N–H and O–H groups in total. The molecule has 41 heavy (non-hydrogen) atoms. The molecule has 0 radical (unpaired) electrons. The Balaban J connectivity index is 1.41. The molecule has 1 aliphatic rings. The van der Waals surface area contributed by atoms with Gasteiger partial charge in [-0.05, 0) is 47.4 Å². The van der Waals surface area contributed by atoms with Crippen molar-refractivity contribution in [3.63, 3.8) is 0 Å². The monoisotopic (exact) mass is 580 g/mol. The summed E-state index contributed by atoms with van der Waals surface area (Å²) in [6.07, 6.45) is -1.52. The van der Waals surface area contributed by atoms with E-state index in [1.807, 2.05) is 24.3 Å². The number of para-hydroxylation sites is 1. The van der Waals surface area contributed by atoms with E-state index in [9.17, 15) is 18.0 Å². The molecule has 0 atom stereocenters. The number of carbonyl (C=O) groups is 1. The molecule has 1 heterocycles. The van der Waals surface area contributed by atoms with Gasteiger partial charge in [0.2, 0.25) is 5.91 Å². The summed E-state index contributed by atoms with van der Waals surface area (Å²) in [7, 11) is 0. The third kappa shape index (κ3) is 8.27. The van der Waals surface area contributed by atoms with Crippen LogP contribution in [0.1, 0.15) is 42.9 Å². The minimum absolute atomic E-state index is 0.0130. The fourth-order valence-corrected chi connectivity index (χ4v) is 4.75. The maximum absolute atomic E-state index is 12.8. The topological polar surface area (TPSA) is 105 Å². The number of carbonyl (C=O) groups excluding carboxylic acids is 1. The Morgan fingerprint density at radius 2 is 1.76 bits per heavy atom.